The van der Waals surface area contributed by atoms with Gasteiger partial charge in [0.15, 0.2) is 0 Å². The van der Waals surface area contributed by atoms with Crippen LogP contribution < -0.4 is 20.4 Å². The van der Waals surface area contributed by atoms with Gasteiger partial charge < -0.3 is 49.1 Å². The standard InChI is InChI=1S/4C14H11Cl4NO4.2C4H8O2.2Rh/c4*1-14(2,3)10(13(22)23)19-11(20)4-5(12(19)21)7(16)9(18)8(17)6(4)15;2*1-3-6-4(2)5;;/h4*10H,1-3H3,(H,22,23);2*3H2,1-2H3;;/p-4. The van der Waals surface area contributed by atoms with Gasteiger partial charge in [0.05, 0.1) is 186 Å². The predicted octanol–water partition coefficient (Wildman–Crippen LogP) is 13.4. The molecule has 0 aromatic heterocycles. The maximum atomic E-state index is 12.6. The molecule has 2 radical (unpaired) electrons. The smallest absolute Gasteiger partial charge is 0.302 e. The quantitative estimate of drug-likeness (QED) is 0.0468. The minimum Gasteiger partial charge on any atom is -0.548 e. The van der Waals surface area contributed by atoms with Crippen molar-refractivity contribution in [1.29, 1.82) is 0 Å². The summed E-state index contributed by atoms with van der Waals surface area (Å²) in [6.45, 7) is 26.0. The van der Waals surface area contributed by atoms with Crippen LogP contribution in [-0.4, -0.2) is 140 Å². The molecule has 4 heterocycles. The Hall–Kier alpha value is -3.85. The van der Waals surface area contributed by atoms with Crippen LogP contribution in [-0.2, 0) is 77.2 Å². The first-order valence-corrected chi connectivity index (χ1v) is 35.3. The normalized spacial score (nSPS) is 14.6. The van der Waals surface area contributed by atoms with Crippen LogP contribution in [0, 0.1) is 21.7 Å². The molecule has 4 unspecified atom stereocenters. The molecule has 4 aliphatic rings. The molecule has 0 bridgehead atoms. The van der Waals surface area contributed by atoms with Crippen LogP contribution in [0.25, 0.3) is 0 Å². The van der Waals surface area contributed by atoms with E-state index in [0.29, 0.717) is 32.8 Å². The van der Waals surface area contributed by atoms with E-state index in [2.05, 4.69) is 9.47 Å². The van der Waals surface area contributed by atoms with Gasteiger partial charge in [0, 0.05) is 52.8 Å². The van der Waals surface area contributed by atoms with Crippen LogP contribution >= 0.6 is 186 Å². The first kappa shape index (κ1) is 100. The second-order valence-electron chi connectivity index (χ2n) is 26.1. The number of nitrogens with zero attached hydrogens (tertiary/aromatic N) is 4. The predicted molar refractivity (Wildman–Crippen MR) is 386 cm³/mol. The van der Waals surface area contributed by atoms with E-state index in [1.807, 2.05) is 0 Å². The number of carboxylic acid groups (broad SMARTS) is 4. The number of esters is 2. The Morgan fingerprint density at radius 3 is 0.434 bits per heavy atom. The van der Waals surface area contributed by atoms with E-state index in [1.54, 1.807) is 96.9 Å². The molecule has 0 N–H and O–H groups in total. The zero-order valence-electron chi connectivity index (χ0n) is 57.4. The van der Waals surface area contributed by atoms with Gasteiger partial charge in [-0.25, -0.2) is 0 Å². The molecule has 42 heteroatoms. The number of amides is 8. The molecule has 4 atom stereocenters. The monoisotopic (exact) mass is 1970 g/mol. The number of hydrogen-bond donors (Lipinski definition) is 0. The Kier molecular flexibility index (Phi) is 36.5. The average molecular weight is 1970 g/mol. The van der Waals surface area contributed by atoms with E-state index in [-0.39, 0.29) is 176 Å². The van der Waals surface area contributed by atoms with Gasteiger partial charge in [-0.3, -0.25) is 67.5 Å². The number of halogens is 16. The Balaban J connectivity index is 0.000000666. The molecule has 8 rings (SSSR count). The number of benzene rings is 4. The summed E-state index contributed by atoms with van der Waals surface area (Å²) in [5.41, 5.74) is -5.96. The summed E-state index contributed by atoms with van der Waals surface area (Å²) >= 11 is 95.2. The number of hydrogen-bond acceptors (Lipinski definition) is 20. The SMILES string of the molecule is CC(C)(C)C(C(=O)[O-])N1C(=O)c2c(Cl)c(Cl)c(Cl)c(Cl)c2C1=O.CC(C)(C)C(C(=O)[O-])N1C(=O)c2c(Cl)c(Cl)c(Cl)c(Cl)c2C1=O.CC(C)(C)C(C(=O)[O-])N1C(=O)c2c(Cl)c(Cl)c(Cl)c(Cl)c2C1=O.CC(C)(C)C(C(=O)[O-])N1C(=O)c2c(Cl)c(Cl)c(Cl)c(Cl)c2C1=O.CCOC(C)=O.CCOC(C)=O.[Rh].[Rh]. The molecule has 0 spiro atoms. The van der Waals surface area contributed by atoms with E-state index >= 15 is 0 Å². The van der Waals surface area contributed by atoms with Crippen molar-refractivity contribution in [3.8, 4) is 0 Å². The third kappa shape index (κ3) is 20.7. The van der Waals surface area contributed by atoms with Gasteiger partial charge in [-0.05, 0) is 35.5 Å². The topological polar surface area (TPSA) is 363 Å². The van der Waals surface area contributed by atoms with Gasteiger partial charge >= 0.3 is 11.9 Å². The fourth-order valence-electron chi connectivity index (χ4n) is 10.2. The number of carboxylic acids is 4. The average Bonchev–Trinajstić information content (AvgIpc) is 1.60. The van der Waals surface area contributed by atoms with E-state index in [4.69, 9.17) is 186 Å². The molecule has 4 aromatic rings. The van der Waals surface area contributed by atoms with Crippen LogP contribution in [0.4, 0.5) is 0 Å². The summed E-state index contributed by atoms with van der Waals surface area (Å²) in [7, 11) is 0. The van der Waals surface area contributed by atoms with Crippen LogP contribution in [0.3, 0.4) is 0 Å². The third-order valence-corrected chi connectivity index (χ3v) is 21.6. The fourth-order valence-corrected chi connectivity index (χ4v) is 14.3. The van der Waals surface area contributed by atoms with Crippen molar-refractivity contribution in [3.05, 3.63) is 125 Å². The maximum Gasteiger partial charge on any atom is 0.302 e. The van der Waals surface area contributed by atoms with Crippen LogP contribution in [0.2, 0.25) is 80.4 Å². The van der Waals surface area contributed by atoms with Gasteiger partial charge in [0.2, 0.25) is 0 Å². The fraction of sp³-hybridized carbons (Fsp3) is 0.406. The minimum atomic E-state index is -1.57. The molecule has 8 amide bonds. The number of fused-ring (bicyclic) bond motifs is 4. The zero-order valence-corrected chi connectivity index (χ0v) is 72.8. The summed E-state index contributed by atoms with van der Waals surface area (Å²) in [5, 5.41) is 42.6. The number of rotatable bonds is 10. The molecule has 0 fully saturated rings. The van der Waals surface area contributed by atoms with Gasteiger partial charge in [0.1, 0.15) is 0 Å². The number of aliphatic carboxylic acids is 4. The van der Waals surface area contributed by atoms with E-state index in [0.717, 1.165) is 0 Å². The number of ether oxygens (including phenoxy) is 2. The summed E-state index contributed by atoms with van der Waals surface area (Å²) in [6, 6.07) is -6.06. The summed E-state index contributed by atoms with van der Waals surface area (Å²) in [4.78, 5) is 169. The summed E-state index contributed by atoms with van der Waals surface area (Å²) in [5.74, 6) is -13.9. The van der Waals surface area contributed by atoms with Crippen LogP contribution in [0.5, 0.6) is 0 Å². The van der Waals surface area contributed by atoms with Gasteiger partial charge in [-0.1, -0.05) is 269 Å². The van der Waals surface area contributed by atoms with Crippen molar-refractivity contribution < 1.29 is 136 Å². The Morgan fingerprint density at radius 1 is 0.274 bits per heavy atom. The van der Waals surface area contributed by atoms with Crippen LogP contribution in [0.1, 0.15) is 194 Å². The number of carbonyl (C=O) groups is 14. The third-order valence-electron chi connectivity index (χ3n) is 14.4. The molecule has 106 heavy (non-hydrogen) atoms. The van der Waals surface area contributed by atoms with E-state index in [9.17, 15) is 87.5 Å². The molecule has 4 aliphatic heterocycles. The maximum absolute atomic E-state index is 12.6. The molecule has 4 aromatic carbocycles. The zero-order chi connectivity index (χ0) is 81.4. The molecule has 0 saturated carbocycles. The van der Waals surface area contributed by atoms with Crippen molar-refractivity contribution >= 4 is 269 Å². The summed E-state index contributed by atoms with van der Waals surface area (Å²) < 4.78 is 8.81. The number of imide groups is 4. The van der Waals surface area contributed by atoms with Crippen molar-refractivity contribution in [2.24, 2.45) is 21.7 Å². The first-order chi connectivity index (χ1) is 47.2. The van der Waals surface area contributed by atoms with Crippen molar-refractivity contribution in [3.63, 3.8) is 0 Å². The largest absolute Gasteiger partial charge is 0.548 e. The van der Waals surface area contributed by atoms with E-state index in [1.165, 1.54) is 13.8 Å². The molecular formula is C64H56Cl16N4O20Rh2-4. The van der Waals surface area contributed by atoms with Crippen molar-refractivity contribution in [1.82, 2.24) is 19.6 Å². The molecule has 0 aliphatic carbocycles. The second kappa shape index (κ2) is 38.6. The molecule has 24 nitrogen and oxygen atoms in total. The Bertz CT molecular complexity index is 3650. The van der Waals surface area contributed by atoms with Crippen molar-refractivity contribution in [2.75, 3.05) is 13.2 Å². The summed E-state index contributed by atoms with van der Waals surface area (Å²) in [6.07, 6.45) is 0. The van der Waals surface area contributed by atoms with Crippen LogP contribution in [0.15, 0.2) is 0 Å². The number of carbonyl (C=O) groups excluding carboxylic acids is 14. The van der Waals surface area contributed by atoms with Gasteiger partial charge in [-0.15, -0.1) is 0 Å². The molecule has 586 valence electrons. The van der Waals surface area contributed by atoms with Gasteiger partial charge in [-0.2, -0.15) is 0 Å². The first-order valence-electron chi connectivity index (χ1n) is 29.2. The second-order valence-corrected chi connectivity index (χ2v) is 32.2. The Labute approximate surface area is 712 Å². The van der Waals surface area contributed by atoms with Gasteiger partial charge in [0.25, 0.3) is 47.3 Å². The minimum absolute atomic E-state index is 0. The van der Waals surface area contributed by atoms with Crippen molar-refractivity contribution in [2.45, 2.75) is 135 Å². The molecule has 0 saturated heterocycles. The Morgan fingerprint density at radius 2 is 0.377 bits per heavy atom. The van der Waals surface area contributed by atoms with E-state index < -0.39 is 117 Å². The molecular weight excluding hydrogens is 1920 g/mol.